The Kier molecular flexibility index (Phi) is 3.46. The molecule has 88 valence electrons. The molecule has 1 aliphatic rings. The first-order valence-electron chi connectivity index (χ1n) is 5.74. The second-order valence-electron chi connectivity index (χ2n) is 4.36. The number of hydrogen-bond acceptors (Lipinski definition) is 2. The van der Waals surface area contributed by atoms with Crippen molar-refractivity contribution in [1.82, 2.24) is 5.32 Å². The van der Waals surface area contributed by atoms with Crippen LogP contribution < -0.4 is 5.32 Å². The normalized spacial score (nSPS) is 16.3. The van der Waals surface area contributed by atoms with Gasteiger partial charge in [0.15, 0.2) is 0 Å². The molecule has 2 rings (SSSR count). The van der Waals surface area contributed by atoms with Gasteiger partial charge in [0.05, 0.1) is 12.1 Å². The van der Waals surface area contributed by atoms with Crippen molar-refractivity contribution < 1.29 is 9.90 Å². The Balaban J connectivity index is 1.96. The molecule has 0 unspecified atom stereocenters. The maximum Gasteiger partial charge on any atom is 0.296 e. The van der Waals surface area contributed by atoms with Gasteiger partial charge in [-0.2, -0.15) is 0 Å². The summed E-state index contributed by atoms with van der Waals surface area (Å²) in [5.41, 5.74) is 0.400. The Morgan fingerprint density at radius 1 is 1.35 bits per heavy atom. The Morgan fingerprint density at radius 3 is 2.59 bits per heavy atom. The maximum absolute atomic E-state index is 11.6. The minimum Gasteiger partial charge on any atom is -0.394 e. The fourth-order valence-electron chi connectivity index (χ4n) is 1.85. The summed E-state index contributed by atoms with van der Waals surface area (Å²) in [6.45, 7) is -0.00818. The van der Waals surface area contributed by atoms with Crippen LogP contribution in [0.1, 0.15) is 24.8 Å². The fraction of sp³-hybridized carbons (Fsp3) is 0.357. The molecule has 0 saturated heterocycles. The van der Waals surface area contributed by atoms with Gasteiger partial charge in [-0.1, -0.05) is 24.1 Å². The summed E-state index contributed by atoms with van der Waals surface area (Å²) in [6, 6.07) is 9.36. The Morgan fingerprint density at radius 2 is 2.06 bits per heavy atom. The van der Waals surface area contributed by atoms with Crippen LogP contribution in [0.15, 0.2) is 30.3 Å². The molecule has 0 aromatic heterocycles. The van der Waals surface area contributed by atoms with Gasteiger partial charge in [0, 0.05) is 11.5 Å². The zero-order valence-corrected chi connectivity index (χ0v) is 9.57. The number of carbonyl (C=O) groups is 1. The van der Waals surface area contributed by atoms with Gasteiger partial charge in [0.25, 0.3) is 5.91 Å². The SMILES string of the molecule is O=C(C#Cc1ccccc1)NC1(CO)CCC1. The Hall–Kier alpha value is -1.79. The van der Waals surface area contributed by atoms with E-state index in [4.69, 9.17) is 0 Å². The van der Waals surface area contributed by atoms with E-state index in [0.717, 1.165) is 24.8 Å². The van der Waals surface area contributed by atoms with Gasteiger partial charge in [0.1, 0.15) is 0 Å². The van der Waals surface area contributed by atoms with Crippen LogP contribution in [-0.4, -0.2) is 23.2 Å². The van der Waals surface area contributed by atoms with E-state index in [1.165, 1.54) is 0 Å². The summed E-state index contributed by atoms with van der Waals surface area (Å²) in [7, 11) is 0. The number of carbonyl (C=O) groups excluding carboxylic acids is 1. The quantitative estimate of drug-likeness (QED) is 0.745. The fourth-order valence-corrected chi connectivity index (χ4v) is 1.85. The van der Waals surface area contributed by atoms with E-state index >= 15 is 0 Å². The Labute approximate surface area is 101 Å². The highest BCUT2D eigenvalue weighted by Crippen LogP contribution is 2.30. The first-order chi connectivity index (χ1) is 8.24. The van der Waals surface area contributed by atoms with Crippen LogP contribution >= 0.6 is 0 Å². The van der Waals surface area contributed by atoms with Crippen molar-refractivity contribution in [3.63, 3.8) is 0 Å². The summed E-state index contributed by atoms with van der Waals surface area (Å²) in [5.74, 6) is 5.02. The molecular formula is C14H15NO2. The summed E-state index contributed by atoms with van der Waals surface area (Å²) in [4.78, 5) is 11.6. The molecule has 17 heavy (non-hydrogen) atoms. The van der Waals surface area contributed by atoms with Crippen LogP contribution in [-0.2, 0) is 4.79 Å². The highest BCUT2D eigenvalue weighted by atomic mass is 16.3. The van der Waals surface area contributed by atoms with Crippen molar-refractivity contribution >= 4 is 5.91 Å². The van der Waals surface area contributed by atoms with Gasteiger partial charge in [-0.25, -0.2) is 0 Å². The minimum absolute atomic E-state index is 0.00818. The molecule has 0 bridgehead atoms. The van der Waals surface area contributed by atoms with E-state index in [-0.39, 0.29) is 12.5 Å². The van der Waals surface area contributed by atoms with Crippen LogP contribution in [0.25, 0.3) is 0 Å². The van der Waals surface area contributed by atoms with Crippen molar-refractivity contribution in [2.45, 2.75) is 24.8 Å². The van der Waals surface area contributed by atoms with Crippen molar-refractivity contribution in [2.24, 2.45) is 0 Å². The van der Waals surface area contributed by atoms with Crippen LogP contribution in [0.5, 0.6) is 0 Å². The van der Waals surface area contributed by atoms with Gasteiger partial charge in [0.2, 0.25) is 0 Å². The third-order valence-corrected chi connectivity index (χ3v) is 3.09. The van der Waals surface area contributed by atoms with E-state index in [1.807, 2.05) is 30.3 Å². The highest BCUT2D eigenvalue weighted by Gasteiger charge is 2.37. The standard InChI is InChI=1S/C14H15NO2/c16-11-14(9-4-10-14)15-13(17)8-7-12-5-2-1-3-6-12/h1-3,5-6,16H,4,9-11H2,(H,15,17). The van der Waals surface area contributed by atoms with E-state index < -0.39 is 5.54 Å². The molecule has 0 aliphatic heterocycles. The van der Waals surface area contributed by atoms with Gasteiger partial charge in [-0.05, 0) is 31.4 Å². The summed E-state index contributed by atoms with van der Waals surface area (Å²) in [5, 5.41) is 12.0. The number of nitrogens with one attached hydrogen (secondary N) is 1. The topological polar surface area (TPSA) is 49.3 Å². The summed E-state index contributed by atoms with van der Waals surface area (Å²) >= 11 is 0. The molecule has 1 aromatic rings. The molecule has 1 amide bonds. The first-order valence-corrected chi connectivity index (χ1v) is 5.74. The van der Waals surface area contributed by atoms with Crippen LogP contribution in [0.2, 0.25) is 0 Å². The molecule has 0 radical (unpaired) electrons. The maximum atomic E-state index is 11.6. The lowest BCUT2D eigenvalue weighted by molar-refractivity contribution is -0.119. The number of hydrogen-bond donors (Lipinski definition) is 2. The van der Waals surface area contributed by atoms with Gasteiger partial charge >= 0.3 is 0 Å². The average molecular weight is 229 g/mol. The lowest BCUT2D eigenvalue weighted by atomic mass is 9.77. The average Bonchev–Trinajstić information content (AvgIpc) is 2.33. The number of aliphatic hydroxyl groups excluding tert-OH is 1. The molecule has 2 N–H and O–H groups in total. The number of aliphatic hydroxyl groups is 1. The lowest BCUT2D eigenvalue weighted by Gasteiger charge is -2.40. The third-order valence-electron chi connectivity index (χ3n) is 3.09. The summed E-state index contributed by atoms with van der Waals surface area (Å²) < 4.78 is 0. The number of rotatable bonds is 2. The van der Waals surface area contributed by atoms with Gasteiger partial charge < -0.3 is 10.4 Å². The predicted molar refractivity (Wildman–Crippen MR) is 65.1 cm³/mol. The van der Waals surface area contributed by atoms with E-state index in [1.54, 1.807) is 0 Å². The second kappa shape index (κ2) is 5.03. The van der Waals surface area contributed by atoms with Gasteiger partial charge in [-0.3, -0.25) is 4.79 Å². The van der Waals surface area contributed by atoms with Gasteiger partial charge in [-0.15, -0.1) is 0 Å². The molecular weight excluding hydrogens is 214 g/mol. The molecule has 1 aromatic carbocycles. The van der Waals surface area contributed by atoms with Crippen LogP contribution in [0.4, 0.5) is 0 Å². The van der Waals surface area contributed by atoms with E-state index in [2.05, 4.69) is 17.2 Å². The third kappa shape index (κ3) is 2.86. The summed E-state index contributed by atoms with van der Waals surface area (Å²) in [6.07, 6.45) is 2.72. The molecule has 1 aliphatic carbocycles. The Bertz CT molecular complexity index is 447. The monoisotopic (exact) mass is 229 g/mol. The number of amides is 1. The highest BCUT2D eigenvalue weighted by molar-refractivity contribution is 5.94. The zero-order valence-electron chi connectivity index (χ0n) is 9.57. The van der Waals surface area contributed by atoms with Crippen molar-refractivity contribution in [2.75, 3.05) is 6.61 Å². The smallest absolute Gasteiger partial charge is 0.296 e. The second-order valence-corrected chi connectivity index (χ2v) is 4.36. The predicted octanol–water partition coefficient (Wildman–Crippen LogP) is 1.07. The number of benzene rings is 1. The van der Waals surface area contributed by atoms with Crippen molar-refractivity contribution in [3.05, 3.63) is 35.9 Å². The largest absolute Gasteiger partial charge is 0.394 e. The van der Waals surface area contributed by atoms with Crippen molar-refractivity contribution in [3.8, 4) is 11.8 Å². The van der Waals surface area contributed by atoms with Crippen molar-refractivity contribution in [1.29, 1.82) is 0 Å². The molecule has 1 saturated carbocycles. The van der Waals surface area contributed by atoms with Crippen LogP contribution in [0.3, 0.4) is 0 Å². The molecule has 0 spiro atoms. The molecule has 0 atom stereocenters. The van der Waals surface area contributed by atoms with E-state index in [9.17, 15) is 9.90 Å². The molecule has 0 heterocycles. The zero-order chi connectivity index (χ0) is 12.1. The lowest BCUT2D eigenvalue weighted by Crippen LogP contribution is -2.55. The van der Waals surface area contributed by atoms with E-state index in [0.29, 0.717) is 0 Å². The molecule has 1 fully saturated rings. The minimum atomic E-state index is -0.414. The van der Waals surface area contributed by atoms with Crippen LogP contribution in [0, 0.1) is 11.8 Å². The first kappa shape index (κ1) is 11.7. The molecule has 3 heteroatoms. The molecule has 3 nitrogen and oxygen atoms in total.